The molecule has 0 unspecified atom stereocenters. The summed E-state index contributed by atoms with van der Waals surface area (Å²) in [5.74, 6) is -0.694. The molecule has 0 saturated heterocycles. The van der Waals surface area contributed by atoms with Gasteiger partial charge in [-0.15, -0.1) is 0 Å². The van der Waals surface area contributed by atoms with Crippen LogP contribution in [0.5, 0.6) is 0 Å². The van der Waals surface area contributed by atoms with E-state index in [1.807, 2.05) is 6.92 Å². The van der Waals surface area contributed by atoms with Crippen LogP contribution in [0.3, 0.4) is 0 Å². The van der Waals surface area contributed by atoms with Crippen molar-refractivity contribution in [3.63, 3.8) is 0 Å². The molecule has 0 aromatic heterocycles. The first-order valence-corrected chi connectivity index (χ1v) is 11.8. The van der Waals surface area contributed by atoms with Crippen LogP contribution in [0, 0.1) is 24.0 Å². The van der Waals surface area contributed by atoms with Crippen molar-refractivity contribution in [2.75, 3.05) is 16.2 Å². The van der Waals surface area contributed by atoms with Gasteiger partial charge in [-0.3, -0.25) is 19.2 Å². The van der Waals surface area contributed by atoms with Gasteiger partial charge in [-0.2, -0.15) is 0 Å². The summed E-state index contributed by atoms with van der Waals surface area (Å²) in [6.07, 6.45) is 0. The second-order valence-electron chi connectivity index (χ2n) is 7.18. The zero-order chi connectivity index (χ0) is 24.3. The molecule has 11 heteroatoms. The third-order valence-corrected chi connectivity index (χ3v) is 7.39. The maximum atomic E-state index is 13.4. The number of halogens is 2. The Morgan fingerprint density at radius 3 is 2.30 bits per heavy atom. The number of carbonyl (C=O) groups is 1. The minimum absolute atomic E-state index is 0.0153. The lowest BCUT2D eigenvalue weighted by atomic mass is 10.1. The Balaban J connectivity index is 1.99. The first-order chi connectivity index (χ1) is 15.5. The molecular weight excluding hydrogens is 489 g/mol. The van der Waals surface area contributed by atoms with Gasteiger partial charge in [0.1, 0.15) is 6.54 Å². The van der Waals surface area contributed by atoms with Gasteiger partial charge >= 0.3 is 0 Å². The quantitative estimate of drug-likeness (QED) is 0.342. The van der Waals surface area contributed by atoms with Gasteiger partial charge in [0.2, 0.25) is 5.91 Å². The van der Waals surface area contributed by atoms with Gasteiger partial charge in [0.05, 0.1) is 36.8 Å². The highest BCUT2D eigenvalue weighted by atomic mass is 35.5. The first-order valence-electron chi connectivity index (χ1n) is 9.59. The van der Waals surface area contributed by atoms with Crippen molar-refractivity contribution in [2.45, 2.75) is 18.7 Å². The minimum atomic E-state index is -4.16. The number of sulfonamides is 1. The fraction of sp³-hybridized carbons (Fsp3) is 0.136. The number of nitro groups is 1. The Morgan fingerprint density at radius 1 is 1.03 bits per heavy atom. The fourth-order valence-electron chi connectivity index (χ4n) is 3.07. The molecule has 0 atom stereocenters. The molecule has 0 aliphatic heterocycles. The van der Waals surface area contributed by atoms with Gasteiger partial charge in [0.25, 0.3) is 15.7 Å². The van der Waals surface area contributed by atoms with E-state index in [9.17, 15) is 23.3 Å². The molecule has 33 heavy (non-hydrogen) atoms. The molecular formula is C22H19Cl2N3O5S. The Kier molecular flexibility index (Phi) is 7.26. The number of rotatable bonds is 7. The van der Waals surface area contributed by atoms with Crippen LogP contribution in [0.15, 0.2) is 65.6 Å². The molecule has 0 aliphatic carbocycles. The molecule has 0 heterocycles. The third kappa shape index (κ3) is 5.44. The van der Waals surface area contributed by atoms with Crippen LogP contribution in [0.4, 0.5) is 17.1 Å². The molecule has 8 nitrogen and oxygen atoms in total. The molecule has 3 aromatic rings. The molecule has 172 valence electrons. The van der Waals surface area contributed by atoms with Crippen LogP contribution in [0.25, 0.3) is 0 Å². The number of aryl methyl sites for hydroxylation is 1. The lowest BCUT2D eigenvalue weighted by molar-refractivity contribution is -0.385. The number of hydrogen-bond donors (Lipinski definition) is 1. The Hall–Kier alpha value is -3.14. The van der Waals surface area contributed by atoms with E-state index in [1.54, 1.807) is 12.1 Å². The molecule has 1 N–H and O–H groups in total. The number of nitrogens with zero attached hydrogens (tertiary/aromatic N) is 2. The van der Waals surface area contributed by atoms with Crippen molar-refractivity contribution in [1.82, 2.24) is 0 Å². The number of amides is 1. The third-order valence-electron chi connectivity index (χ3n) is 4.86. The van der Waals surface area contributed by atoms with Crippen LogP contribution >= 0.6 is 23.2 Å². The van der Waals surface area contributed by atoms with Crippen LogP contribution in [-0.4, -0.2) is 25.8 Å². The Bertz CT molecular complexity index is 1330. The minimum Gasteiger partial charge on any atom is -0.324 e. The number of nitrogens with one attached hydrogen (secondary N) is 1. The number of hydrogen-bond acceptors (Lipinski definition) is 5. The van der Waals surface area contributed by atoms with Crippen molar-refractivity contribution < 1.29 is 18.1 Å². The number of benzene rings is 3. The van der Waals surface area contributed by atoms with Crippen LogP contribution in [0.2, 0.25) is 10.0 Å². The fourth-order valence-corrected chi connectivity index (χ4v) is 4.77. The van der Waals surface area contributed by atoms with Gasteiger partial charge in [0.15, 0.2) is 0 Å². The number of nitro benzene ring substituents is 1. The van der Waals surface area contributed by atoms with Crippen molar-refractivity contribution in [3.8, 4) is 0 Å². The van der Waals surface area contributed by atoms with E-state index in [2.05, 4.69) is 5.32 Å². The second-order valence-corrected chi connectivity index (χ2v) is 9.85. The SMILES string of the molecule is Cc1ccc(S(=O)(=O)N(CC(=O)Nc2cccc([N+](=O)[O-])c2C)c2ccc(Cl)c(Cl)c2)cc1. The zero-order valence-electron chi connectivity index (χ0n) is 17.6. The molecule has 3 rings (SSSR count). The van der Waals surface area contributed by atoms with E-state index in [0.29, 0.717) is 0 Å². The highest BCUT2D eigenvalue weighted by Crippen LogP contribution is 2.31. The van der Waals surface area contributed by atoms with Crippen molar-refractivity contribution in [3.05, 3.63) is 92.0 Å². The van der Waals surface area contributed by atoms with Gasteiger partial charge in [-0.25, -0.2) is 8.42 Å². The molecule has 0 spiro atoms. The summed E-state index contributed by atoms with van der Waals surface area (Å²) in [4.78, 5) is 23.5. The monoisotopic (exact) mass is 507 g/mol. The van der Waals surface area contributed by atoms with E-state index in [1.165, 1.54) is 55.5 Å². The molecule has 0 bridgehead atoms. The molecule has 0 fully saturated rings. The molecule has 3 aromatic carbocycles. The molecule has 0 aliphatic rings. The van der Waals surface area contributed by atoms with Crippen LogP contribution in [-0.2, 0) is 14.8 Å². The average Bonchev–Trinajstić information content (AvgIpc) is 2.75. The number of anilines is 2. The predicted molar refractivity (Wildman–Crippen MR) is 129 cm³/mol. The Morgan fingerprint density at radius 2 is 1.70 bits per heavy atom. The molecule has 1 amide bonds. The molecule has 0 saturated carbocycles. The Labute approximate surface area is 200 Å². The molecule has 0 radical (unpaired) electrons. The van der Waals surface area contributed by atoms with Gasteiger partial charge in [-0.1, -0.05) is 47.0 Å². The maximum absolute atomic E-state index is 13.4. The smallest absolute Gasteiger partial charge is 0.274 e. The average molecular weight is 508 g/mol. The van der Waals surface area contributed by atoms with Gasteiger partial charge < -0.3 is 5.32 Å². The number of carbonyl (C=O) groups excluding carboxylic acids is 1. The van der Waals surface area contributed by atoms with Crippen LogP contribution < -0.4 is 9.62 Å². The predicted octanol–water partition coefficient (Wildman–Crippen LogP) is 5.35. The first kappa shape index (κ1) is 24.5. The van der Waals surface area contributed by atoms with E-state index < -0.39 is 27.4 Å². The van der Waals surface area contributed by atoms with Crippen molar-refractivity contribution >= 4 is 56.2 Å². The topological polar surface area (TPSA) is 110 Å². The van der Waals surface area contributed by atoms with E-state index in [0.717, 1.165) is 9.87 Å². The van der Waals surface area contributed by atoms with Crippen LogP contribution in [0.1, 0.15) is 11.1 Å². The highest BCUT2D eigenvalue weighted by molar-refractivity contribution is 7.92. The van der Waals surface area contributed by atoms with E-state index >= 15 is 0 Å². The van der Waals surface area contributed by atoms with Gasteiger partial charge in [-0.05, 0) is 50.2 Å². The summed E-state index contributed by atoms with van der Waals surface area (Å²) < 4.78 is 27.7. The van der Waals surface area contributed by atoms with Crippen molar-refractivity contribution in [2.24, 2.45) is 0 Å². The summed E-state index contributed by atoms with van der Waals surface area (Å²) in [6.45, 7) is 2.71. The second kappa shape index (κ2) is 9.78. The maximum Gasteiger partial charge on any atom is 0.274 e. The highest BCUT2D eigenvalue weighted by Gasteiger charge is 2.28. The lowest BCUT2D eigenvalue weighted by Gasteiger charge is -2.24. The summed E-state index contributed by atoms with van der Waals surface area (Å²) in [6, 6.07) is 14.6. The standard InChI is InChI=1S/C22H19Cl2N3O5S/c1-14-6-9-17(10-7-14)33(31,32)26(16-8-11-18(23)19(24)12-16)13-22(28)25-20-4-3-5-21(15(20)2)27(29)30/h3-12H,13H2,1-2H3,(H,25,28). The van der Waals surface area contributed by atoms with E-state index in [4.69, 9.17) is 23.2 Å². The summed E-state index contributed by atoms with van der Waals surface area (Å²) in [7, 11) is -4.16. The summed E-state index contributed by atoms with van der Waals surface area (Å²) in [5, 5.41) is 14.1. The van der Waals surface area contributed by atoms with Crippen molar-refractivity contribution in [1.29, 1.82) is 0 Å². The summed E-state index contributed by atoms with van der Waals surface area (Å²) >= 11 is 12.1. The largest absolute Gasteiger partial charge is 0.324 e. The van der Waals surface area contributed by atoms with E-state index in [-0.39, 0.29) is 37.6 Å². The van der Waals surface area contributed by atoms with Gasteiger partial charge in [0, 0.05) is 6.07 Å². The zero-order valence-corrected chi connectivity index (χ0v) is 19.9. The normalized spacial score (nSPS) is 11.2. The lowest BCUT2D eigenvalue weighted by Crippen LogP contribution is -2.38. The summed E-state index contributed by atoms with van der Waals surface area (Å²) in [5.41, 5.74) is 1.29.